The summed E-state index contributed by atoms with van der Waals surface area (Å²) in [6, 6.07) is 17.0. The Morgan fingerprint density at radius 3 is 2.63 bits per heavy atom. The Hall–Kier alpha value is -3.93. The van der Waals surface area contributed by atoms with Crippen molar-refractivity contribution >= 4 is 22.6 Å². The van der Waals surface area contributed by atoms with E-state index in [9.17, 15) is 9.59 Å². The van der Waals surface area contributed by atoms with Crippen molar-refractivity contribution in [3.05, 3.63) is 93.4 Å². The van der Waals surface area contributed by atoms with Gasteiger partial charge in [0.05, 0.1) is 17.1 Å². The first kappa shape index (κ1) is 22.8. The predicted molar refractivity (Wildman–Crippen MR) is 139 cm³/mol. The van der Waals surface area contributed by atoms with Gasteiger partial charge in [0, 0.05) is 29.4 Å². The third-order valence-electron chi connectivity index (χ3n) is 6.54. The summed E-state index contributed by atoms with van der Waals surface area (Å²) in [7, 11) is 0. The van der Waals surface area contributed by atoms with Crippen LogP contribution in [-0.4, -0.2) is 17.4 Å². The predicted octanol–water partition coefficient (Wildman–Crippen LogP) is 5.78. The van der Waals surface area contributed by atoms with Crippen LogP contribution in [0.4, 0.5) is 5.69 Å². The molecule has 178 valence electrons. The van der Waals surface area contributed by atoms with Crippen molar-refractivity contribution in [3.63, 3.8) is 0 Å². The van der Waals surface area contributed by atoms with Gasteiger partial charge in [-0.1, -0.05) is 36.4 Å². The maximum absolute atomic E-state index is 13.3. The number of aromatic nitrogens is 1. The van der Waals surface area contributed by atoms with E-state index in [1.165, 1.54) is 12.8 Å². The minimum Gasteiger partial charge on any atom is -0.455 e. The zero-order chi connectivity index (χ0) is 24.5. The zero-order valence-electron chi connectivity index (χ0n) is 20.2. The number of carbonyl (C=O) groups excluding carboxylic acids is 1. The first-order valence-corrected chi connectivity index (χ1v) is 12.1. The molecule has 2 aromatic heterocycles. The zero-order valence-corrected chi connectivity index (χ0v) is 20.2. The Morgan fingerprint density at radius 2 is 1.89 bits per heavy atom. The maximum atomic E-state index is 13.3. The summed E-state index contributed by atoms with van der Waals surface area (Å²) < 4.78 is 6.42. The molecule has 0 saturated heterocycles. The Labute approximate surface area is 204 Å². The molecule has 0 radical (unpaired) electrons. The van der Waals surface area contributed by atoms with Gasteiger partial charge in [-0.15, -0.1) is 0 Å². The van der Waals surface area contributed by atoms with Crippen molar-refractivity contribution in [2.24, 2.45) is 5.92 Å². The van der Waals surface area contributed by atoms with Gasteiger partial charge in [0.25, 0.3) is 5.91 Å². The van der Waals surface area contributed by atoms with E-state index in [4.69, 9.17) is 4.42 Å². The lowest BCUT2D eigenvalue weighted by Crippen LogP contribution is -2.27. The van der Waals surface area contributed by atoms with E-state index in [0.29, 0.717) is 46.1 Å². The SMILES string of the molecule is Cc1cc(C(C)Nc2cccnc2C(=O)NCC2CC2)c2oc(-c3ccccc3)c(C)c(=O)c2c1. The minimum atomic E-state index is -0.244. The average molecular weight is 468 g/mol. The van der Waals surface area contributed by atoms with Gasteiger partial charge in [0.15, 0.2) is 11.1 Å². The lowest BCUT2D eigenvalue weighted by molar-refractivity contribution is 0.0947. The Morgan fingerprint density at radius 1 is 1.11 bits per heavy atom. The molecule has 2 aromatic carbocycles. The summed E-state index contributed by atoms with van der Waals surface area (Å²) in [5.41, 5.74) is 4.77. The smallest absolute Gasteiger partial charge is 0.272 e. The van der Waals surface area contributed by atoms with Crippen LogP contribution in [-0.2, 0) is 0 Å². The highest BCUT2D eigenvalue weighted by molar-refractivity contribution is 5.97. The second-order valence-electron chi connectivity index (χ2n) is 9.40. The molecule has 5 rings (SSSR count). The number of benzene rings is 2. The molecule has 1 unspecified atom stereocenters. The summed E-state index contributed by atoms with van der Waals surface area (Å²) in [4.78, 5) is 30.5. The number of hydrogen-bond acceptors (Lipinski definition) is 5. The number of rotatable bonds is 7. The van der Waals surface area contributed by atoms with Gasteiger partial charge in [-0.25, -0.2) is 4.98 Å². The van der Waals surface area contributed by atoms with E-state index in [1.807, 2.05) is 62.4 Å². The molecule has 6 nitrogen and oxygen atoms in total. The second kappa shape index (κ2) is 9.37. The fourth-order valence-corrected chi connectivity index (χ4v) is 4.41. The third kappa shape index (κ3) is 4.69. The molecule has 1 fully saturated rings. The number of nitrogens with one attached hydrogen (secondary N) is 2. The molecule has 1 aliphatic rings. The standard InChI is InChI=1S/C29H29N3O3/c1-17-14-22(19(3)32-24-10-7-13-30-25(24)29(34)31-16-20-11-12-20)28-23(15-17)26(33)18(2)27(35-28)21-8-5-4-6-9-21/h4-10,13-15,19-20,32H,11-12,16H2,1-3H3,(H,31,34). The molecular formula is C29H29N3O3. The van der Waals surface area contributed by atoms with E-state index in [1.54, 1.807) is 19.2 Å². The summed E-state index contributed by atoms with van der Waals surface area (Å²) in [5.74, 6) is 0.971. The normalized spacial score (nSPS) is 14.0. The first-order chi connectivity index (χ1) is 16.9. The quantitative estimate of drug-likeness (QED) is 0.360. The molecular weight excluding hydrogens is 438 g/mol. The van der Waals surface area contributed by atoms with Crippen LogP contribution in [0.3, 0.4) is 0 Å². The lowest BCUT2D eigenvalue weighted by atomic mass is 9.98. The van der Waals surface area contributed by atoms with Crippen LogP contribution in [0.1, 0.15) is 53.0 Å². The van der Waals surface area contributed by atoms with Gasteiger partial charge < -0.3 is 15.1 Å². The van der Waals surface area contributed by atoms with Gasteiger partial charge in [-0.05, 0) is 63.3 Å². The van der Waals surface area contributed by atoms with Crippen LogP contribution in [0.2, 0.25) is 0 Å². The third-order valence-corrected chi connectivity index (χ3v) is 6.54. The molecule has 0 aliphatic heterocycles. The van der Waals surface area contributed by atoms with Crippen molar-refractivity contribution in [1.82, 2.24) is 10.3 Å². The van der Waals surface area contributed by atoms with Gasteiger partial charge in [0.1, 0.15) is 11.3 Å². The highest BCUT2D eigenvalue weighted by Crippen LogP contribution is 2.32. The van der Waals surface area contributed by atoms with E-state index in [2.05, 4.69) is 15.6 Å². The van der Waals surface area contributed by atoms with Crippen LogP contribution in [0.15, 0.2) is 70.0 Å². The fraction of sp³-hybridized carbons (Fsp3) is 0.276. The van der Waals surface area contributed by atoms with E-state index < -0.39 is 0 Å². The van der Waals surface area contributed by atoms with Crippen LogP contribution in [0.25, 0.3) is 22.3 Å². The second-order valence-corrected chi connectivity index (χ2v) is 9.40. The number of amides is 1. The molecule has 2 heterocycles. The van der Waals surface area contributed by atoms with Crippen molar-refractivity contribution in [3.8, 4) is 11.3 Å². The summed E-state index contributed by atoms with van der Waals surface area (Å²) >= 11 is 0. The Balaban J connectivity index is 1.54. The number of carbonyl (C=O) groups is 1. The first-order valence-electron chi connectivity index (χ1n) is 12.1. The number of aryl methyl sites for hydroxylation is 1. The largest absolute Gasteiger partial charge is 0.455 e. The van der Waals surface area contributed by atoms with Gasteiger partial charge >= 0.3 is 0 Å². The Kier molecular flexibility index (Phi) is 6.12. The molecule has 2 N–H and O–H groups in total. The topological polar surface area (TPSA) is 84.2 Å². The van der Waals surface area contributed by atoms with E-state index in [-0.39, 0.29) is 17.4 Å². The summed E-state index contributed by atoms with van der Waals surface area (Å²) in [6.45, 7) is 6.45. The molecule has 1 aliphatic carbocycles. The van der Waals surface area contributed by atoms with Crippen molar-refractivity contribution in [2.75, 3.05) is 11.9 Å². The minimum absolute atomic E-state index is 0.0382. The summed E-state index contributed by atoms with van der Waals surface area (Å²) in [6.07, 6.45) is 3.96. The van der Waals surface area contributed by atoms with Gasteiger partial charge in [-0.3, -0.25) is 9.59 Å². The number of pyridine rings is 1. The van der Waals surface area contributed by atoms with E-state index in [0.717, 1.165) is 16.7 Å². The molecule has 4 aromatic rings. The van der Waals surface area contributed by atoms with Crippen LogP contribution >= 0.6 is 0 Å². The van der Waals surface area contributed by atoms with Gasteiger partial charge in [0.2, 0.25) is 0 Å². The fourth-order valence-electron chi connectivity index (χ4n) is 4.41. The molecule has 0 spiro atoms. The number of anilines is 1. The molecule has 0 bridgehead atoms. The maximum Gasteiger partial charge on any atom is 0.272 e. The molecule has 1 amide bonds. The highest BCUT2D eigenvalue weighted by atomic mass is 16.3. The van der Waals surface area contributed by atoms with Crippen molar-refractivity contribution in [2.45, 2.75) is 39.7 Å². The molecule has 6 heteroatoms. The van der Waals surface area contributed by atoms with E-state index >= 15 is 0 Å². The molecule has 35 heavy (non-hydrogen) atoms. The van der Waals surface area contributed by atoms with Crippen molar-refractivity contribution < 1.29 is 9.21 Å². The lowest BCUT2D eigenvalue weighted by Gasteiger charge is -2.20. The highest BCUT2D eigenvalue weighted by Gasteiger charge is 2.24. The monoisotopic (exact) mass is 467 g/mol. The van der Waals surface area contributed by atoms with Crippen LogP contribution in [0, 0.1) is 19.8 Å². The van der Waals surface area contributed by atoms with Crippen molar-refractivity contribution in [1.29, 1.82) is 0 Å². The van der Waals surface area contributed by atoms with Gasteiger partial charge in [-0.2, -0.15) is 0 Å². The van der Waals surface area contributed by atoms with Crippen LogP contribution in [0.5, 0.6) is 0 Å². The van der Waals surface area contributed by atoms with Crippen LogP contribution < -0.4 is 16.1 Å². The molecule has 1 atom stereocenters. The Bertz CT molecular complexity index is 1460. The number of nitrogens with zero attached hydrogens (tertiary/aromatic N) is 1. The average Bonchev–Trinajstić information content (AvgIpc) is 3.70. The molecule has 1 saturated carbocycles. The number of fused-ring (bicyclic) bond motifs is 1. The summed E-state index contributed by atoms with van der Waals surface area (Å²) in [5, 5.41) is 6.98. The number of hydrogen-bond donors (Lipinski definition) is 2.